The Labute approximate surface area is 70.2 Å². The van der Waals surface area contributed by atoms with E-state index in [1.807, 2.05) is 0 Å². The fourth-order valence-corrected chi connectivity index (χ4v) is 0.829. The van der Waals surface area contributed by atoms with Crippen molar-refractivity contribution in [2.75, 3.05) is 19.8 Å². The summed E-state index contributed by atoms with van der Waals surface area (Å²) in [7, 11) is 0. The topological polar surface area (TPSA) is 51.0 Å². The van der Waals surface area contributed by atoms with E-state index < -0.39 is 0 Å². The first-order chi connectivity index (χ1) is 5.83. The van der Waals surface area contributed by atoms with Crippen LogP contribution < -0.4 is 5.32 Å². The van der Waals surface area contributed by atoms with Gasteiger partial charge in [-0.15, -0.1) is 0 Å². The van der Waals surface area contributed by atoms with Gasteiger partial charge in [0, 0.05) is 19.5 Å². The summed E-state index contributed by atoms with van der Waals surface area (Å²) in [6, 6.07) is 0. The number of halogens is 1. The van der Waals surface area contributed by atoms with Crippen LogP contribution >= 0.6 is 0 Å². The largest absolute Gasteiger partial charge is 0.339 e. The van der Waals surface area contributed by atoms with Gasteiger partial charge in [0.15, 0.2) is 5.82 Å². The molecule has 0 radical (unpaired) electrons. The number of hydrogen-bond donors (Lipinski definition) is 1. The summed E-state index contributed by atoms with van der Waals surface area (Å²) in [4.78, 5) is 4.00. The third-order valence-corrected chi connectivity index (χ3v) is 1.36. The van der Waals surface area contributed by atoms with E-state index in [1.54, 1.807) is 6.92 Å². The number of nitrogens with zero attached hydrogens (tertiary/aromatic N) is 2. The molecule has 0 unspecified atom stereocenters. The standard InChI is InChI=1S/C7H12FN3O/c1-6-10-7(12-11-6)2-4-9-5-3-8/h9H,2-5H2,1H3. The van der Waals surface area contributed by atoms with E-state index in [-0.39, 0.29) is 6.67 Å². The summed E-state index contributed by atoms with van der Waals surface area (Å²) in [5.74, 6) is 1.23. The van der Waals surface area contributed by atoms with Gasteiger partial charge in [-0.3, -0.25) is 0 Å². The summed E-state index contributed by atoms with van der Waals surface area (Å²) in [6.07, 6.45) is 0.654. The predicted octanol–water partition coefficient (Wildman–Crippen LogP) is 0.480. The van der Waals surface area contributed by atoms with Crippen molar-refractivity contribution < 1.29 is 8.91 Å². The maximum atomic E-state index is 11.6. The molecular weight excluding hydrogens is 161 g/mol. The molecule has 12 heavy (non-hydrogen) atoms. The number of rotatable bonds is 5. The van der Waals surface area contributed by atoms with Gasteiger partial charge < -0.3 is 9.84 Å². The van der Waals surface area contributed by atoms with Gasteiger partial charge in [-0.1, -0.05) is 5.16 Å². The predicted molar refractivity (Wildman–Crippen MR) is 41.6 cm³/mol. The maximum Gasteiger partial charge on any atom is 0.227 e. The summed E-state index contributed by atoms with van der Waals surface area (Å²) in [5, 5.41) is 6.52. The monoisotopic (exact) mass is 173 g/mol. The van der Waals surface area contributed by atoms with Crippen molar-refractivity contribution in [2.45, 2.75) is 13.3 Å². The summed E-state index contributed by atoms with van der Waals surface area (Å²) >= 11 is 0. The van der Waals surface area contributed by atoms with E-state index in [2.05, 4.69) is 15.5 Å². The molecule has 0 bridgehead atoms. The Morgan fingerprint density at radius 3 is 2.92 bits per heavy atom. The Bertz CT molecular complexity index is 226. The molecule has 0 saturated heterocycles. The number of alkyl halides is 1. The Balaban J connectivity index is 2.15. The highest BCUT2D eigenvalue weighted by atomic mass is 19.1. The Morgan fingerprint density at radius 1 is 1.50 bits per heavy atom. The molecule has 0 spiro atoms. The molecule has 0 saturated carbocycles. The van der Waals surface area contributed by atoms with E-state index in [1.165, 1.54) is 0 Å². The van der Waals surface area contributed by atoms with Gasteiger partial charge in [-0.2, -0.15) is 4.98 Å². The van der Waals surface area contributed by atoms with Crippen LogP contribution in [0.2, 0.25) is 0 Å². The third kappa shape index (κ3) is 2.96. The van der Waals surface area contributed by atoms with E-state index in [0.29, 0.717) is 31.2 Å². The molecule has 0 amide bonds. The second-order valence-electron chi connectivity index (χ2n) is 2.42. The molecule has 0 aliphatic carbocycles. The van der Waals surface area contributed by atoms with Crippen molar-refractivity contribution in [1.29, 1.82) is 0 Å². The molecule has 0 aliphatic rings. The summed E-state index contributed by atoms with van der Waals surface area (Å²) < 4.78 is 16.5. The zero-order chi connectivity index (χ0) is 8.81. The summed E-state index contributed by atoms with van der Waals surface area (Å²) in [6.45, 7) is 2.48. The molecule has 0 aromatic carbocycles. The minimum atomic E-state index is -0.344. The van der Waals surface area contributed by atoms with Crippen LogP contribution in [0.15, 0.2) is 4.52 Å². The van der Waals surface area contributed by atoms with Crippen molar-refractivity contribution in [3.8, 4) is 0 Å². The average Bonchev–Trinajstić information content (AvgIpc) is 2.45. The van der Waals surface area contributed by atoms with Gasteiger partial charge in [0.2, 0.25) is 5.89 Å². The molecule has 0 aliphatic heterocycles. The first-order valence-electron chi connectivity index (χ1n) is 3.89. The highest BCUT2D eigenvalue weighted by molar-refractivity contribution is 4.83. The normalized spacial score (nSPS) is 10.5. The lowest BCUT2D eigenvalue weighted by molar-refractivity contribution is 0.370. The molecule has 0 atom stereocenters. The quantitative estimate of drug-likeness (QED) is 0.658. The van der Waals surface area contributed by atoms with Crippen LogP contribution in [-0.4, -0.2) is 29.9 Å². The molecule has 5 heteroatoms. The van der Waals surface area contributed by atoms with Gasteiger partial charge in [0.1, 0.15) is 6.67 Å². The minimum Gasteiger partial charge on any atom is -0.339 e. The zero-order valence-electron chi connectivity index (χ0n) is 7.01. The van der Waals surface area contributed by atoms with E-state index in [4.69, 9.17) is 4.52 Å². The highest BCUT2D eigenvalue weighted by Gasteiger charge is 2.00. The van der Waals surface area contributed by atoms with E-state index in [9.17, 15) is 4.39 Å². The maximum absolute atomic E-state index is 11.6. The minimum absolute atomic E-state index is 0.344. The number of nitrogens with one attached hydrogen (secondary N) is 1. The van der Waals surface area contributed by atoms with Crippen LogP contribution in [0, 0.1) is 6.92 Å². The van der Waals surface area contributed by atoms with Gasteiger partial charge in [0.05, 0.1) is 0 Å². The van der Waals surface area contributed by atoms with Crippen molar-refractivity contribution in [1.82, 2.24) is 15.5 Å². The third-order valence-electron chi connectivity index (χ3n) is 1.36. The Morgan fingerprint density at radius 2 is 2.33 bits per heavy atom. The number of aromatic nitrogens is 2. The molecule has 1 aromatic heterocycles. The van der Waals surface area contributed by atoms with Crippen molar-refractivity contribution in [3.05, 3.63) is 11.7 Å². The fourth-order valence-electron chi connectivity index (χ4n) is 0.829. The van der Waals surface area contributed by atoms with Crippen LogP contribution in [-0.2, 0) is 6.42 Å². The summed E-state index contributed by atoms with van der Waals surface area (Å²) in [5.41, 5.74) is 0. The molecule has 1 N–H and O–H groups in total. The molecule has 1 aromatic rings. The van der Waals surface area contributed by atoms with Crippen molar-refractivity contribution in [2.24, 2.45) is 0 Å². The van der Waals surface area contributed by atoms with E-state index >= 15 is 0 Å². The van der Waals surface area contributed by atoms with Gasteiger partial charge in [-0.25, -0.2) is 4.39 Å². The molecule has 68 valence electrons. The first kappa shape index (κ1) is 9.12. The zero-order valence-corrected chi connectivity index (χ0v) is 7.01. The first-order valence-corrected chi connectivity index (χ1v) is 3.89. The lowest BCUT2D eigenvalue weighted by Crippen LogP contribution is -2.19. The van der Waals surface area contributed by atoms with Crippen LogP contribution in [0.3, 0.4) is 0 Å². The second kappa shape index (κ2) is 4.82. The Hall–Kier alpha value is -0.970. The second-order valence-corrected chi connectivity index (χ2v) is 2.42. The number of aryl methyl sites for hydroxylation is 1. The van der Waals surface area contributed by atoms with Crippen LogP contribution in [0.4, 0.5) is 4.39 Å². The molecule has 1 rings (SSSR count). The SMILES string of the molecule is Cc1noc(CCNCCF)n1. The van der Waals surface area contributed by atoms with Gasteiger partial charge >= 0.3 is 0 Å². The average molecular weight is 173 g/mol. The molecule has 0 fully saturated rings. The van der Waals surface area contributed by atoms with Crippen molar-refractivity contribution >= 4 is 0 Å². The smallest absolute Gasteiger partial charge is 0.227 e. The Kier molecular flexibility index (Phi) is 3.66. The molecule has 4 nitrogen and oxygen atoms in total. The van der Waals surface area contributed by atoms with Gasteiger partial charge in [-0.05, 0) is 6.92 Å². The fraction of sp³-hybridized carbons (Fsp3) is 0.714. The van der Waals surface area contributed by atoms with Crippen LogP contribution in [0.25, 0.3) is 0 Å². The van der Waals surface area contributed by atoms with Gasteiger partial charge in [0.25, 0.3) is 0 Å². The number of hydrogen-bond acceptors (Lipinski definition) is 4. The molecular formula is C7H12FN3O. The lowest BCUT2D eigenvalue weighted by Gasteiger charge is -1.96. The van der Waals surface area contributed by atoms with Crippen LogP contribution in [0.1, 0.15) is 11.7 Å². The lowest BCUT2D eigenvalue weighted by atomic mass is 10.4. The van der Waals surface area contributed by atoms with E-state index in [0.717, 1.165) is 0 Å². The van der Waals surface area contributed by atoms with Crippen molar-refractivity contribution in [3.63, 3.8) is 0 Å². The highest BCUT2D eigenvalue weighted by Crippen LogP contribution is 1.95. The van der Waals surface area contributed by atoms with Crippen LogP contribution in [0.5, 0.6) is 0 Å². The molecule has 1 heterocycles.